The number of aliphatic imine (C=N–C) groups is 1. The third-order valence-corrected chi connectivity index (χ3v) is 4.74. The Morgan fingerprint density at radius 1 is 0.885 bits per heavy atom. The quantitative estimate of drug-likeness (QED) is 0.170. The molecule has 0 spiro atoms. The van der Waals surface area contributed by atoms with Gasteiger partial charge in [0, 0.05) is 6.42 Å². The normalized spacial score (nSPS) is 14.9. The Morgan fingerprint density at radius 2 is 1.35 bits per heavy atom. The van der Waals surface area contributed by atoms with E-state index < -0.39 is 11.9 Å². The molecule has 0 saturated heterocycles. The summed E-state index contributed by atoms with van der Waals surface area (Å²) < 4.78 is -0.123. The molecule has 1 heterocycles. The first-order valence-corrected chi connectivity index (χ1v) is 9.30. The zero-order chi connectivity index (χ0) is 17.8. The average Bonchev–Trinajstić information content (AvgIpc) is 2.86. The van der Waals surface area contributed by atoms with Gasteiger partial charge in [-0.1, -0.05) is 58.3 Å². The van der Waals surface area contributed by atoms with Crippen LogP contribution in [0.5, 0.6) is 0 Å². The van der Waals surface area contributed by atoms with E-state index in [9.17, 15) is 19.8 Å². The summed E-state index contributed by atoms with van der Waals surface area (Å²) in [6, 6.07) is 0. The predicted molar refractivity (Wildman–Crippen MR) is 89.0 cm³/mol. The number of carbonyl (C=O) groups excluding carboxylic acids is 2. The molecule has 6 nitrogen and oxygen atoms in total. The van der Waals surface area contributed by atoms with Crippen LogP contribution in [0.4, 0.5) is 0 Å². The molecule has 1 aliphatic rings. The number of carbonyl (C=O) groups is 2. The standard InChI is InChI=1S/C18H32N2O4.2Na/c1-2-3-4-5-6-7-8-9-10-11-16-19-12-13-20(16,14-17(21)22)15-18(23)24;;/h2-15H2,1H3,(H-,21,22,23,24);;/q;2*+1/p-1. The third kappa shape index (κ3) is 11.4. The molecule has 26 heavy (non-hydrogen) atoms. The van der Waals surface area contributed by atoms with Crippen LogP contribution in [0.1, 0.15) is 71.1 Å². The Labute approximate surface area is 202 Å². The third-order valence-electron chi connectivity index (χ3n) is 4.74. The van der Waals surface area contributed by atoms with Crippen molar-refractivity contribution in [1.29, 1.82) is 0 Å². The molecule has 0 N–H and O–H groups in total. The van der Waals surface area contributed by atoms with E-state index in [0.29, 0.717) is 25.3 Å². The number of hydrogen-bond donors (Lipinski definition) is 0. The summed E-state index contributed by atoms with van der Waals surface area (Å²) in [7, 11) is 0. The largest absolute Gasteiger partial charge is 1.00 e. The summed E-state index contributed by atoms with van der Waals surface area (Å²) in [5.74, 6) is -1.79. The summed E-state index contributed by atoms with van der Waals surface area (Å²) >= 11 is 0. The average molecular weight is 385 g/mol. The first-order valence-electron chi connectivity index (χ1n) is 9.30. The van der Waals surface area contributed by atoms with E-state index in [-0.39, 0.29) is 76.7 Å². The van der Waals surface area contributed by atoms with Crippen LogP contribution in [-0.2, 0) is 9.59 Å². The topological polar surface area (TPSA) is 92.6 Å². The van der Waals surface area contributed by atoms with Gasteiger partial charge in [0.1, 0.15) is 19.6 Å². The van der Waals surface area contributed by atoms with E-state index in [1.54, 1.807) is 0 Å². The van der Waals surface area contributed by atoms with Crippen molar-refractivity contribution in [3.63, 3.8) is 0 Å². The summed E-state index contributed by atoms with van der Waals surface area (Å²) in [4.78, 5) is 26.4. The fraction of sp³-hybridized carbons (Fsp3) is 0.833. The minimum absolute atomic E-state index is 0. The molecule has 0 saturated carbocycles. The number of hydrogen-bond acceptors (Lipinski definition) is 5. The molecule has 0 bridgehead atoms. The molecule has 0 fully saturated rings. The van der Waals surface area contributed by atoms with Crippen molar-refractivity contribution < 1.29 is 83.4 Å². The van der Waals surface area contributed by atoms with Crippen LogP contribution >= 0.6 is 0 Å². The van der Waals surface area contributed by atoms with E-state index in [1.807, 2.05) is 0 Å². The van der Waals surface area contributed by atoms with Crippen molar-refractivity contribution in [2.45, 2.75) is 71.1 Å². The molecular formula is C18H31N2Na2O4+. The van der Waals surface area contributed by atoms with Gasteiger partial charge in [-0.25, -0.2) is 4.99 Å². The van der Waals surface area contributed by atoms with Crippen LogP contribution < -0.4 is 69.3 Å². The zero-order valence-corrected chi connectivity index (χ0v) is 20.9. The van der Waals surface area contributed by atoms with Gasteiger partial charge in [-0.15, -0.1) is 0 Å². The van der Waals surface area contributed by atoms with Crippen molar-refractivity contribution in [3.05, 3.63) is 0 Å². The first-order chi connectivity index (χ1) is 11.5. The van der Waals surface area contributed by atoms with E-state index in [2.05, 4.69) is 11.9 Å². The monoisotopic (exact) mass is 385 g/mol. The van der Waals surface area contributed by atoms with Crippen molar-refractivity contribution in [3.8, 4) is 0 Å². The van der Waals surface area contributed by atoms with Gasteiger partial charge in [0.15, 0.2) is 5.84 Å². The SMILES string of the molecule is CCCCCCCCCCCC1=NCC[N+]1(CC(=O)[O-])CC(=O)[O-].[Na+].[Na+]. The van der Waals surface area contributed by atoms with Crippen molar-refractivity contribution >= 4 is 17.8 Å². The number of unbranched alkanes of at least 4 members (excludes halogenated alkanes) is 8. The van der Waals surface area contributed by atoms with Crippen LogP contribution in [-0.4, -0.2) is 48.4 Å². The van der Waals surface area contributed by atoms with Gasteiger partial charge in [0.05, 0.1) is 18.5 Å². The summed E-state index contributed by atoms with van der Waals surface area (Å²) in [6.45, 7) is 2.45. The minimum atomic E-state index is -1.24. The minimum Gasteiger partial charge on any atom is -0.544 e. The Morgan fingerprint density at radius 3 is 1.81 bits per heavy atom. The summed E-state index contributed by atoms with van der Waals surface area (Å²) in [5.41, 5.74) is 0. The van der Waals surface area contributed by atoms with Gasteiger partial charge in [-0.05, 0) is 6.42 Å². The maximum atomic E-state index is 11.0. The van der Waals surface area contributed by atoms with Crippen LogP contribution in [0.2, 0.25) is 0 Å². The molecule has 0 aromatic heterocycles. The first kappa shape index (κ1) is 28.8. The van der Waals surface area contributed by atoms with Gasteiger partial charge in [0.2, 0.25) is 0 Å². The zero-order valence-electron chi connectivity index (χ0n) is 16.9. The molecule has 138 valence electrons. The fourth-order valence-electron chi connectivity index (χ4n) is 3.45. The number of rotatable bonds is 14. The molecule has 0 aromatic rings. The molecule has 0 unspecified atom stereocenters. The molecule has 0 atom stereocenters. The number of carboxylic acid groups (broad SMARTS) is 2. The van der Waals surface area contributed by atoms with E-state index in [1.165, 1.54) is 44.9 Å². The van der Waals surface area contributed by atoms with Crippen LogP contribution in [0.25, 0.3) is 0 Å². The van der Waals surface area contributed by atoms with Crippen LogP contribution in [0, 0.1) is 0 Å². The van der Waals surface area contributed by atoms with Crippen LogP contribution in [0.3, 0.4) is 0 Å². The number of amidine groups is 1. The molecule has 1 aliphatic heterocycles. The second kappa shape index (κ2) is 16.5. The van der Waals surface area contributed by atoms with Crippen molar-refractivity contribution in [2.24, 2.45) is 4.99 Å². The molecular weight excluding hydrogens is 354 g/mol. The van der Waals surface area contributed by atoms with E-state index in [0.717, 1.165) is 12.8 Å². The second-order valence-corrected chi connectivity index (χ2v) is 6.81. The number of nitrogens with zero attached hydrogens (tertiary/aromatic N) is 2. The molecule has 0 aliphatic carbocycles. The molecule has 8 heteroatoms. The van der Waals surface area contributed by atoms with Gasteiger partial charge >= 0.3 is 59.1 Å². The van der Waals surface area contributed by atoms with Crippen molar-refractivity contribution in [2.75, 3.05) is 26.2 Å². The maximum absolute atomic E-state index is 11.0. The van der Waals surface area contributed by atoms with E-state index >= 15 is 0 Å². The number of quaternary nitrogens is 1. The van der Waals surface area contributed by atoms with Gasteiger partial charge in [0.25, 0.3) is 0 Å². The molecule has 0 radical (unpaired) electrons. The maximum Gasteiger partial charge on any atom is 1.00 e. The smallest absolute Gasteiger partial charge is 0.544 e. The molecule has 0 amide bonds. The van der Waals surface area contributed by atoms with Gasteiger partial charge < -0.3 is 19.8 Å². The second-order valence-electron chi connectivity index (χ2n) is 6.81. The Balaban J connectivity index is 0. The predicted octanol–water partition coefficient (Wildman–Crippen LogP) is -5.36. The Hall–Kier alpha value is 0.570. The number of aliphatic carboxylic acids is 2. The molecule has 1 rings (SSSR count). The summed E-state index contributed by atoms with van der Waals surface area (Å²) in [5, 5.41) is 22.0. The fourth-order valence-corrected chi connectivity index (χ4v) is 3.45. The van der Waals surface area contributed by atoms with E-state index in [4.69, 9.17) is 0 Å². The van der Waals surface area contributed by atoms with Gasteiger partial charge in [-0.3, -0.25) is 4.48 Å². The Kier molecular flexibility index (Phi) is 18.3. The molecule has 0 aromatic carbocycles. The van der Waals surface area contributed by atoms with Gasteiger partial charge in [-0.2, -0.15) is 0 Å². The van der Waals surface area contributed by atoms with Crippen molar-refractivity contribution in [1.82, 2.24) is 0 Å². The summed E-state index contributed by atoms with van der Waals surface area (Å²) in [6.07, 6.45) is 11.5. The Bertz CT molecular complexity index is 429. The van der Waals surface area contributed by atoms with Crippen LogP contribution in [0.15, 0.2) is 4.99 Å². The number of carboxylic acids is 2.